The van der Waals surface area contributed by atoms with E-state index in [4.69, 9.17) is 0 Å². The number of carbonyl (C=O) groups is 1. The Labute approximate surface area is 156 Å². The molecule has 1 unspecified atom stereocenters. The molecule has 0 aromatic heterocycles. The molecule has 1 heterocycles. The van der Waals surface area contributed by atoms with Gasteiger partial charge in [-0.05, 0) is 42.3 Å². The maximum atomic E-state index is 13.6. The molecule has 26 heavy (non-hydrogen) atoms. The van der Waals surface area contributed by atoms with E-state index in [9.17, 15) is 17.6 Å². The van der Waals surface area contributed by atoms with Crippen LogP contribution >= 0.6 is 11.8 Å². The number of anilines is 1. The summed E-state index contributed by atoms with van der Waals surface area (Å²) in [5, 5.41) is 2.92. The fourth-order valence-electron chi connectivity index (χ4n) is 2.87. The fraction of sp³-hybridized carbons (Fsp3) is 0.278. The van der Waals surface area contributed by atoms with Crippen molar-refractivity contribution in [3.8, 4) is 0 Å². The second kappa shape index (κ2) is 7.28. The number of sulfonamides is 1. The van der Waals surface area contributed by atoms with E-state index >= 15 is 0 Å². The van der Waals surface area contributed by atoms with Crippen LogP contribution in [0.15, 0.2) is 47.4 Å². The van der Waals surface area contributed by atoms with Crippen LogP contribution in [0.2, 0.25) is 0 Å². The number of hydrogen-bond acceptors (Lipinski definition) is 4. The predicted molar refractivity (Wildman–Crippen MR) is 102 cm³/mol. The third kappa shape index (κ3) is 3.86. The smallest absolute Gasteiger partial charge is 0.253 e. The van der Waals surface area contributed by atoms with Crippen LogP contribution in [0.25, 0.3) is 0 Å². The number of fused-ring (bicyclic) bond motifs is 1. The lowest BCUT2D eigenvalue weighted by molar-refractivity contribution is 0.0935. The van der Waals surface area contributed by atoms with Gasteiger partial charge in [0.05, 0.1) is 23.5 Å². The van der Waals surface area contributed by atoms with Gasteiger partial charge < -0.3 is 5.32 Å². The molecule has 0 saturated heterocycles. The number of carbonyl (C=O) groups excluding carboxylic acids is 1. The summed E-state index contributed by atoms with van der Waals surface area (Å²) in [4.78, 5) is 13.8. The Bertz CT molecular complexity index is 947. The van der Waals surface area contributed by atoms with Gasteiger partial charge in [-0.25, -0.2) is 12.8 Å². The number of hydrogen-bond donors (Lipinski definition) is 1. The summed E-state index contributed by atoms with van der Waals surface area (Å²) in [6, 6.07) is 10.8. The Balaban J connectivity index is 1.90. The van der Waals surface area contributed by atoms with Crippen LogP contribution < -0.4 is 9.62 Å². The number of para-hydroxylation sites is 1. The molecule has 138 valence electrons. The summed E-state index contributed by atoms with van der Waals surface area (Å²) >= 11 is 1.63. The molecule has 3 rings (SSSR count). The van der Waals surface area contributed by atoms with Crippen molar-refractivity contribution >= 4 is 33.4 Å². The average molecular weight is 394 g/mol. The highest BCUT2D eigenvalue weighted by molar-refractivity contribution is 7.99. The van der Waals surface area contributed by atoms with Crippen molar-refractivity contribution < 1.29 is 17.6 Å². The maximum absolute atomic E-state index is 13.6. The SMILES string of the molecule is CN(c1ccccc1C(=O)NC1CCSc2ccc(F)cc21)S(C)(=O)=O. The molecule has 2 aromatic carbocycles. The molecule has 8 heteroatoms. The highest BCUT2D eigenvalue weighted by Crippen LogP contribution is 2.36. The van der Waals surface area contributed by atoms with E-state index in [-0.39, 0.29) is 23.3 Å². The van der Waals surface area contributed by atoms with Crippen molar-refractivity contribution in [2.75, 3.05) is 23.4 Å². The maximum Gasteiger partial charge on any atom is 0.253 e. The summed E-state index contributed by atoms with van der Waals surface area (Å²) in [5.74, 6) is 0.0833. The van der Waals surface area contributed by atoms with E-state index in [1.54, 1.807) is 42.1 Å². The molecule has 1 amide bonds. The monoisotopic (exact) mass is 394 g/mol. The van der Waals surface area contributed by atoms with Crippen LogP contribution in [0.1, 0.15) is 28.4 Å². The van der Waals surface area contributed by atoms with Gasteiger partial charge in [0.1, 0.15) is 5.82 Å². The third-order valence-electron chi connectivity index (χ3n) is 4.30. The van der Waals surface area contributed by atoms with Crippen molar-refractivity contribution in [3.63, 3.8) is 0 Å². The first kappa shape index (κ1) is 18.7. The van der Waals surface area contributed by atoms with Crippen LogP contribution in [-0.2, 0) is 10.0 Å². The van der Waals surface area contributed by atoms with Crippen LogP contribution in [0, 0.1) is 5.82 Å². The predicted octanol–water partition coefficient (Wildman–Crippen LogP) is 3.19. The number of nitrogens with one attached hydrogen (secondary N) is 1. The van der Waals surface area contributed by atoms with Crippen LogP contribution in [-0.4, -0.2) is 33.4 Å². The normalized spacial score (nSPS) is 16.7. The van der Waals surface area contributed by atoms with E-state index in [0.29, 0.717) is 12.1 Å². The largest absolute Gasteiger partial charge is 0.345 e. The lowest BCUT2D eigenvalue weighted by atomic mass is 10.0. The third-order valence-corrected chi connectivity index (χ3v) is 6.62. The Morgan fingerprint density at radius 2 is 2.00 bits per heavy atom. The van der Waals surface area contributed by atoms with Crippen molar-refractivity contribution in [1.29, 1.82) is 0 Å². The van der Waals surface area contributed by atoms with Crippen molar-refractivity contribution in [2.45, 2.75) is 17.4 Å². The van der Waals surface area contributed by atoms with Gasteiger partial charge in [-0.1, -0.05) is 12.1 Å². The van der Waals surface area contributed by atoms with Crippen molar-refractivity contribution in [1.82, 2.24) is 5.32 Å². The molecular weight excluding hydrogens is 375 g/mol. The van der Waals surface area contributed by atoms with E-state index in [1.165, 1.54) is 19.2 Å². The number of benzene rings is 2. The van der Waals surface area contributed by atoms with E-state index < -0.39 is 10.0 Å². The van der Waals surface area contributed by atoms with E-state index in [1.807, 2.05) is 0 Å². The summed E-state index contributed by atoms with van der Waals surface area (Å²) in [6.45, 7) is 0. The summed E-state index contributed by atoms with van der Waals surface area (Å²) < 4.78 is 38.4. The second-order valence-corrected chi connectivity index (χ2v) is 9.24. The first-order valence-corrected chi connectivity index (χ1v) is 10.9. The Kier molecular flexibility index (Phi) is 5.24. The molecule has 1 aliphatic heterocycles. The van der Waals surface area contributed by atoms with Gasteiger partial charge in [0, 0.05) is 17.7 Å². The van der Waals surface area contributed by atoms with Gasteiger partial charge in [0.2, 0.25) is 10.0 Å². The first-order valence-electron chi connectivity index (χ1n) is 8.03. The number of nitrogens with zero attached hydrogens (tertiary/aromatic N) is 1. The van der Waals surface area contributed by atoms with Gasteiger partial charge >= 0.3 is 0 Å². The molecule has 1 N–H and O–H groups in total. The topological polar surface area (TPSA) is 66.5 Å². The van der Waals surface area contributed by atoms with Crippen LogP contribution in [0.5, 0.6) is 0 Å². The minimum Gasteiger partial charge on any atom is -0.345 e. The Hall–Kier alpha value is -2.06. The van der Waals surface area contributed by atoms with Gasteiger partial charge in [-0.3, -0.25) is 9.10 Å². The van der Waals surface area contributed by atoms with Gasteiger partial charge in [0.25, 0.3) is 5.91 Å². The number of amides is 1. The Morgan fingerprint density at radius 3 is 2.73 bits per heavy atom. The zero-order chi connectivity index (χ0) is 18.9. The minimum atomic E-state index is -3.50. The number of rotatable bonds is 4. The zero-order valence-electron chi connectivity index (χ0n) is 14.4. The molecule has 2 aromatic rings. The first-order chi connectivity index (χ1) is 12.3. The lowest BCUT2D eigenvalue weighted by Crippen LogP contribution is -2.33. The molecule has 0 fully saturated rings. The summed E-state index contributed by atoms with van der Waals surface area (Å²) in [5.41, 5.74) is 1.32. The van der Waals surface area contributed by atoms with Crippen molar-refractivity contribution in [2.24, 2.45) is 0 Å². The molecule has 0 aliphatic carbocycles. The van der Waals surface area contributed by atoms with E-state index in [2.05, 4.69) is 5.32 Å². The molecule has 1 atom stereocenters. The lowest BCUT2D eigenvalue weighted by Gasteiger charge is -2.27. The Morgan fingerprint density at radius 1 is 1.27 bits per heavy atom. The fourth-order valence-corrected chi connectivity index (χ4v) is 4.49. The molecule has 1 aliphatic rings. The zero-order valence-corrected chi connectivity index (χ0v) is 16.0. The van der Waals surface area contributed by atoms with Crippen LogP contribution in [0.3, 0.4) is 0 Å². The number of thioether (sulfide) groups is 1. The molecule has 0 saturated carbocycles. The van der Waals surface area contributed by atoms with E-state index in [0.717, 1.165) is 26.8 Å². The van der Waals surface area contributed by atoms with Gasteiger partial charge in [-0.2, -0.15) is 0 Å². The highest BCUT2D eigenvalue weighted by Gasteiger charge is 2.25. The van der Waals surface area contributed by atoms with Gasteiger partial charge in [-0.15, -0.1) is 11.8 Å². The molecular formula is C18H19FN2O3S2. The second-order valence-electron chi connectivity index (χ2n) is 6.09. The molecule has 0 radical (unpaired) electrons. The molecule has 5 nitrogen and oxygen atoms in total. The average Bonchev–Trinajstić information content (AvgIpc) is 2.60. The molecule has 0 spiro atoms. The standard InChI is InChI=1S/C18H19FN2O3S2/c1-21(26(2,23)24)16-6-4-3-5-13(16)18(22)20-15-9-10-25-17-8-7-12(19)11-14(15)17/h3-8,11,15H,9-10H2,1-2H3,(H,20,22). The van der Waals surface area contributed by atoms with Crippen molar-refractivity contribution in [3.05, 3.63) is 59.4 Å². The van der Waals surface area contributed by atoms with Gasteiger partial charge in [0.15, 0.2) is 0 Å². The van der Waals surface area contributed by atoms with Crippen LogP contribution in [0.4, 0.5) is 10.1 Å². The molecule has 0 bridgehead atoms. The highest BCUT2D eigenvalue weighted by atomic mass is 32.2. The summed E-state index contributed by atoms with van der Waals surface area (Å²) in [6.07, 6.45) is 1.76. The number of halogens is 1. The minimum absolute atomic E-state index is 0.261. The quantitative estimate of drug-likeness (QED) is 0.865. The summed E-state index contributed by atoms with van der Waals surface area (Å²) in [7, 11) is -2.09.